The number of nitrogens with one attached hydrogen (secondary N) is 4. The van der Waals surface area contributed by atoms with Crippen LogP contribution >= 0.6 is 0 Å². The van der Waals surface area contributed by atoms with Crippen LogP contribution in [-0.2, 0) is 28.8 Å². The maximum Gasteiger partial charge on any atom is 0.339 e. The number of carboxylic acids is 2. The molecule has 14 heteroatoms. The smallest absolute Gasteiger partial charge is 0.339 e. The minimum Gasteiger partial charge on any atom is -0.478 e. The lowest BCUT2D eigenvalue weighted by molar-refractivity contribution is -0.135. The van der Waals surface area contributed by atoms with Crippen LogP contribution in [0.4, 0.5) is 22.7 Å². The van der Waals surface area contributed by atoms with Gasteiger partial charge in [-0.05, 0) is 85.0 Å². The molecule has 2 aliphatic rings. The Balaban J connectivity index is 1.24. The van der Waals surface area contributed by atoms with Crippen LogP contribution in [0, 0.1) is 0 Å². The van der Waals surface area contributed by atoms with Crippen molar-refractivity contribution in [1.29, 1.82) is 0 Å². The fourth-order valence-electron chi connectivity index (χ4n) is 3.54. The quantitative estimate of drug-likeness (QED) is 0.102. The molecule has 0 heterocycles. The van der Waals surface area contributed by atoms with Crippen LogP contribution in [0.15, 0.2) is 118 Å². The molecule has 4 rings (SSSR count). The Labute approximate surface area is 248 Å². The molecule has 2 amide bonds. The number of amides is 2. The number of carboxylic acid groups (broad SMARTS) is 2. The van der Waals surface area contributed by atoms with Crippen LogP contribution < -0.4 is 21.5 Å². The van der Waals surface area contributed by atoms with Gasteiger partial charge < -0.3 is 20.8 Å². The fraction of sp³-hybridized carbons (Fsp3) is 0. The van der Waals surface area contributed by atoms with E-state index in [0.717, 1.165) is 36.5 Å². The summed E-state index contributed by atoms with van der Waals surface area (Å²) in [5, 5.41) is 31.4. The Morgan fingerprint density at radius 3 is 1.23 bits per heavy atom. The number of rotatable bonds is 10. The van der Waals surface area contributed by atoms with Crippen LogP contribution in [-0.4, -0.2) is 57.0 Å². The van der Waals surface area contributed by atoms with Crippen molar-refractivity contribution in [3.8, 4) is 0 Å². The van der Waals surface area contributed by atoms with E-state index < -0.39 is 46.5 Å². The van der Waals surface area contributed by atoms with E-state index in [4.69, 9.17) is 10.2 Å². The summed E-state index contributed by atoms with van der Waals surface area (Å²) >= 11 is 0. The van der Waals surface area contributed by atoms with E-state index in [2.05, 4.69) is 31.7 Å². The van der Waals surface area contributed by atoms with E-state index in [1.807, 2.05) is 0 Å². The molecule has 0 aromatic heterocycles. The Bertz CT molecular complexity index is 1630. The molecule has 0 saturated carbocycles. The van der Waals surface area contributed by atoms with Crippen molar-refractivity contribution < 1.29 is 39.0 Å². The number of benzene rings is 2. The highest BCUT2D eigenvalue weighted by Gasteiger charge is 2.19. The molecule has 0 atom stereocenters. The number of carbonyl (C=O) groups is 6. The lowest BCUT2D eigenvalue weighted by Crippen LogP contribution is -2.16. The molecule has 220 valence electrons. The van der Waals surface area contributed by atoms with Gasteiger partial charge in [-0.2, -0.15) is 10.2 Å². The second-order valence-electron chi connectivity index (χ2n) is 8.88. The van der Waals surface area contributed by atoms with Crippen molar-refractivity contribution in [2.45, 2.75) is 0 Å². The summed E-state index contributed by atoms with van der Waals surface area (Å²) in [4.78, 5) is 69.7. The number of hydrogen-bond acceptors (Lipinski definition) is 10. The zero-order chi connectivity index (χ0) is 31.6. The molecule has 44 heavy (non-hydrogen) atoms. The first-order valence-electron chi connectivity index (χ1n) is 12.6. The molecule has 0 spiro atoms. The minimum absolute atomic E-state index is 0.243. The predicted octanol–water partition coefficient (Wildman–Crippen LogP) is 2.66. The van der Waals surface area contributed by atoms with Gasteiger partial charge in [-0.15, -0.1) is 0 Å². The molecular formula is C30H22N6O8. The first-order chi connectivity index (χ1) is 21.1. The molecule has 2 aromatic carbocycles. The van der Waals surface area contributed by atoms with Gasteiger partial charge in [0.25, 0.3) is 0 Å². The highest BCUT2D eigenvalue weighted by atomic mass is 16.4. The number of carbonyl (C=O) groups excluding carboxylic acids is 4. The normalized spacial score (nSPS) is 16.0. The summed E-state index contributed by atoms with van der Waals surface area (Å²) in [6.07, 6.45) is 9.40. The predicted molar refractivity (Wildman–Crippen MR) is 161 cm³/mol. The van der Waals surface area contributed by atoms with Gasteiger partial charge in [-0.3, -0.25) is 30.0 Å². The van der Waals surface area contributed by atoms with Gasteiger partial charge in [0.15, 0.2) is 11.6 Å². The van der Waals surface area contributed by atoms with Crippen molar-refractivity contribution in [3.05, 3.63) is 108 Å². The molecule has 0 radical (unpaired) electrons. The van der Waals surface area contributed by atoms with E-state index in [9.17, 15) is 28.8 Å². The second-order valence-corrected chi connectivity index (χ2v) is 8.88. The first-order valence-corrected chi connectivity index (χ1v) is 12.6. The van der Waals surface area contributed by atoms with Crippen molar-refractivity contribution in [2.75, 3.05) is 21.5 Å². The second kappa shape index (κ2) is 13.8. The number of hydrogen-bond donors (Lipinski definition) is 6. The summed E-state index contributed by atoms with van der Waals surface area (Å²) in [6, 6.07) is 12.8. The molecule has 0 aliphatic heterocycles. The first kappa shape index (κ1) is 30.3. The van der Waals surface area contributed by atoms with Crippen LogP contribution in [0.2, 0.25) is 0 Å². The molecule has 14 nitrogen and oxygen atoms in total. The van der Waals surface area contributed by atoms with Crippen LogP contribution in [0.25, 0.3) is 0 Å². The van der Waals surface area contributed by atoms with Gasteiger partial charge in [0.05, 0.1) is 22.8 Å². The highest BCUT2D eigenvalue weighted by molar-refractivity contribution is 6.30. The maximum absolute atomic E-state index is 12.2. The van der Waals surface area contributed by atoms with Gasteiger partial charge in [0, 0.05) is 23.5 Å². The van der Waals surface area contributed by atoms with Crippen molar-refractivity contribution in [2.24, 2.45) is 10.2 Å². The van der Waals surface area contributed by atoms with Gasteiger partial charge in [-0.25, -0.2) is 9.59 Å². The maximum atomic E-state index is 12.2. The van der Waals surface area contributed by atoms with Gasteiger partial charge in [0.2, 0.25) is 11.8 Å². The summed E-state index contributed by atoms with van der Waals surface area (Å²) in [7, 11) is 0. The molecule has 2 aliphatic carbocycles. The molecular weight excluding hydrogens is 572 g/mol. The van der Waals surface area contributed by atoms with Gasteiger partial charge >= 0.3 is 11.9 Å². The molecule has 2 aromatic rings. The largest absolute Gasteiger partial charge is 0.478 e. The van der Waals surface area contributed by atoms with Crippen LogP contribution in [0.1, 0.15) is 0 Å². The van der Waals surface area contributed by atoms with Crippen molar-refractivity contribution >= 4 is 69.5 Å². The van der Waals surface area contributed by atoms with E-state index >= 15 is 0 Å². The zero-order valence-corrected chi connectivity index (χ0v) is 22.5. The number of nitrogens with zero attached hydrogens (tertiary/aromatic N) is 2. The number of ketones is 2. The third kappa shape index (κ3) is 8.40. The average molecular weight is 595 g/mol. The van der Waals surface area contributed by atoms with Gasteiger partial charge in [-0.1, -0.05) is 0 Å². The topological polar surface area (TPSA) is 216 Å². The van der Waals surface area contributed by atoms with E-state index in [1.54, 1.807) is 48.5 Å². The third-order valence-electron chi connectivity index (χ3n) is 5.71. The molecule has 0 bridgehead atoms. The lowest BCUT2D eigenvalue weighted by atomic mass is 10.0. The summed E-state index contributed by atoms with van der Waals surface area (Å²) in [5.41, 5.74) is 7.09. The fourth-order valence-corrected chi connectivity index (χ4v) is 3.54. The Kier molecular flexibility index (Phi) is 9.48. The summed E-state index contributed by atoms with van der Waals surface area (Å²) < 4.78 is 0. The summed E-state index contributed by atoms with van der Waals surface area (Å²) in [6.45, 7) is 0. The Hall–Kier alpha value is -6.70. The van der Waals surface area contributed by atoms with Crippen molar-refractivity contribution in [3.63, 3.8) is 0 Å². The van der Waals surface area contributed by atoms with E-state index in [-0.39, 0.29) is 11.4 Å². The molecule has 0 fully saturated rings. The third-order valence-corrected chi connectivity index (χ3v) is 5.71. The molecule has 6 N–H and O–H groups in total. The highest BCUT2D eigenvalue weighted by Crippen LogP contribution is 2.16. The van der Waals surface area contributed by atoms with Crippen molar-refractivity contribution in [1.82, 2.24) is 0 Å². The van der Waals surface area contributed by atoms with E-state index in [0.29, 0.717) is 22.7 Å². The average Bonchev–Trinajstić information content (AvgIpc) is 3.00. The Morgan fingerprint density at radius 2 is 0.886 bits per heavy atom. The molecule has 0 unspecified atom stereocenters. The number of anilines is 4. The molecule has 0 saturated heterocycles. The summed E-state index contributed by atoms with van der Waals surface area (Å²) in [5.74, 6) is -5.04. The Morgan fingerprint density at radius 1 is 0.545 bits per heavy atom. The van der Waals surface area contributed by atoms with E-state index in [1.165, 1.54) is 12.2 Å². The SMILES string of the molecule is O=C(/C=C/C(=O)Nc1ccc(NN=C2C=CC(=O)C(C(=O)O)=C2)cc1)Nc1ccc(NN=C2C=CC(=O)C(C(=O)O)=C2)cc1. The monoisotopic (exact) mass is 594 g/mol. The number of allylic oxidation sites excluding steroid dienone is 6. The lowest BCUT2D eigenvalue weighted by Gasteiger charge is -2.07. The standard InChI is InChI=1S/C30H22N6O8/c37-25-11-9-21(15-23(25)29(41)42)35-33-19-5-1-17(2-6-19)31-27(39)13-14-28(40)32-18-3-7-20(8-4-18)34-36-22-10-12-26(38)24(16-22)30(43)44/h1-16,33-34H,(H,31,39)(H,32,40)(H,41,42)(H,43,44)/b14-13+,35-21?,36-22?. The number of hydrazone groups is 2. The minimum atomic E-state index is -1.35. The van der Waals surface area contributed by atoms with Crippen LogP contribution in [0.3, 0.4) is 0 Å². The zero-order valence-electron chi connectivity index (χ0n) is 22.5. The number of aliphatic carboxylic acids is 2. The van der Waals surface area contributed by atoms with Crippen LogP contribution in [0.5, 0.6) is 0 Å². The van der Waals surface area contributed by atoms with Gasteiger partial charge in [0.1, 0.15) is 11.1 Å².